The molecular weight excluding hydrogens is 218 g/mol. The predicted octanol–water partition coefficient (Wildman–Crippen LogP) is 1.47. The van der Waals surface area contributed by atoms with Gasteiger partial charge in [0.05, 0.1) is 6.61 Å². The molecule has 2 unspecified atom stereocenters. The summed E-state index contributed by atoms with van der Waals surface area (Å²) in [5, 5.41) is 10.2. The molecule has 0 spiro atoms. The second-order valence-electron chi connectivity index (χ2n) is 3.59. The topological polar surface area (TPSA) is 23.5 Å². The molecule has 0 aromatic rings. The van der Waals surface area contributed by atoms with Crippen LogP contribution < -0.4 is 0 Å². The Morgan fingerprint density at radius 3 is 2.92 bits per heavy atom. The fourth-order valence-electron chi connectivity index (χ4n) is 1.92. The second-order valence-corrected chi connectivity index (χ2v) is 4.39. The molecule has 0 amide bonds. The predicted molar refractivity (Wildman–Crippen MR) is 54.6 cm³/mol. The van der Waals surface area contributed by atoms with Crippen LogP contribution in [0.4, 0.5) is 0 Å². The van der Waals surface area contributed by atoms with E-state index < -0.39 is 0 Å². The number of alkyl halides is 1. The number of likely N-dealkylation sites (tertiary alicyclic amines) is 1. The Labute approximate surface area is 83.1 Å². The van der Waals surface area contributed by atoms with Crippen LogP contribution in [-0.4, -0.2) is 41.1 Å². The molecule has 0 aromatic carbocycles. The van der Waals surface area contributed by atoms with Crippen molar-refractivity contribution in [2.75, 3.05) is 25.0 Å². The van der Waals surface area contributed by atoms with E-state index in [0.29, 0.717) is 18.6 Å². The third kappa shape index (κ3) is 2.44. The molecule has 1 heterocycles. The lowest BCUT2D eigenvalue weighted by Gasteiger charge is -2.24. The number of rotatable bonds is 4. The molecule has 2 atom stereocenters. The van der Waals surface area contributed by atoms with Crippen LogP contribution in [0.15, 0.2) is 0 Å². The van der Waals surface area contributed by atoms with Crippen molar-refractivity contribution in [2.45, 2.75) is 25.8 Å². The summed E-state index contributed by atoms with van der Waals surface area (Å²) in [6.07, 6.45) is 2.43. The smallest absolute Gasteiger partial charge is 0.0589 e. The maximum atomic E-state index is 9.15. The van der Waals surface area contributed by atoms with Gasteiger partial charge in [0.2, 0.25) is 0 Å². The molecule has 12 heavy (non-hydrogen) atoms. The van der Waals surface area contributed by atoms with Gasteiger partial charge < -0.3 is 5.11 Å². The van der Waals surface area contributed by atoms with Crippen molar-refractivity contribution >= 4 is 15.9 Å². The van der Waals surface area contributed by atoms with Crippen LogP contribution in [0.25, 0.3) is 0 Å². The van der Waals surface area contributed by atoms with E-state index in [4.69, 9.17) is 5.11 Å². The van der Waals surface area contributed by atoms with Gasteiger partial charge in [0, 0.05) is 11.4 Å². The molecule has 0 aromatic heterocycles. The minimum atomic E-state index is 0.323. The third-order valence-corrected chi connectivity index (χ3v) is 3.32. The lowest BCUT2D eigenvalue weighted by Crippen LogP contribution is -2.35. The first-order valence-electron chi connectivity index (χ1n) is 4.70. The Balaban J connectivity index is 2.32. The zero-order valence-corrected chi connectivity index (χ0v) is 9.26. The fourth-order valence-corrected chi connectivity index (χ4v) is 2.17. The lowest BCUT2D eigenvalue weighted by molar-refractivity contribution is 0.140. The van der Waals surface area contributed by atoms with Gasteiger partial charge in [-0.3, -0.25) is 4.90 Å². The fraction of sp³-hybridized carbons (Fsp3) is 1.00. The Bertz CT molecular complexity index is 132. The van der Waals surface area contributed by atoms with Gasteiger partial charge in [-0.05, 0) is 31.8 Å². The molecule has 1 rings (SSSR count). The highest BCUT2D eigenvalue weighted by Crippen LogP contribution is 2.23. The average Bonchev–Trinajstić information content (AvgIpc) is 2.43. The molecule has 0 bridgehead atoms. The molecule has 3 heteroatoms. The quantitative estimate of drug-likeness (QED) is 0.747. The summed E-state index contributed by atoms with van der Waals surface area (Å²) in [6, 6.07) is 0.420. The van der Waals surface area contributed by atoms with Crippen molar-refractivity contribution in [1.29, 1.82) is 0 Å². The molecule has 0 aliphatic carbocycles. The van der Waals surface area contributed by atoms with Gasteiger partial charge in [0.15, 0.2) is 0 Å². The first kappa shape index (κ1) is 10.5. The molecular formula is C9H18BrNO. The van der Waals surface area contributed by atoms with Crippen LogP contribution in [-0.2, 0) is 0 Å². The molecule has 1 saturated heterocycles. The highest BCUT2D eigenvalue weighted by atomic mass is 79.9. The lowest BCUT2D eigenvalue weighted by atomic mass is 10.0. The first-order valence-corrected chi connectivity index (χ1v) is 5.82. The number of nitrogens with zero attached hydrogens (tertiary/aromatic N) is 1. The zero-order chi connectivity index (χ0) is 8.97. The van der Waals surface area contributed by atoms with Crippen LogP contribution in [0, 0.1) is 5.92 Å². The van der Waals surface area contributed by atoms with Gasteiger partial charge in [-0.15, -0.1) is 0 Å². The van der Waals surface area contributed by atoms with Gasteiger partial charge in [0.1, 0.15) is 0 Å². The van der Waals surface area contributed by atoms with Gasteiger partial charge in [0.25, 0.3) is 0 Å². The monoisotopic (exact) mass is 235 g/mol. The van der Waals surface area contributed by atoms with E-state index >= 15 is 0 Å². The molecule has 72 valence electrons. The van der Waals surface area contributed by atoms with E-state index in [1.54, 1.807) is 0 Å². The van der Waals surface area contributed by atoms with Crippen molar-refractivity contribution in [2.24, 2.45) is 5.92 Å². The van der Waals surface area contributed by atoms with Gasteiger partial charge in [-0.2, -0.15) is 0 Å². The largest absolute Gasteiger partial charge is 0.395 e. The van der Waals surface area contributed by atoms with Gasteiger partial charge in [-0.25, -0.2) is 0 Å². The number of aliphatic hydroxyl groups is 1. The van der Waals surface area contributed by atoms with Crippen molar-refractivity contribution < 1.29 is 5.11 Å². The molecule has 1 fully saturated rings. The van der Waals surface area contributed by atoms with Crippen molar-refractivity contribution in [3.63, 3.8) is 0 Å². The highest BCUT2D eigenvalue weighted by Gasteiger charge is 2.29. The summed E-state index contributed by atoms with van der Waals surface area (Å²) >= 11 is 3.42. The van der Waals surface area contributed by atoms with Gasteiger partial charge >= 0.3 is 0 Å². The molecule has 0 radical (unpaired) electrons. The summed E-state index contributed by atoms with van der Waals surface area (Å²) < 4.78 is 0. The van der Waals surface area contributed by atoms with Crippen molar-refractivity contribution in [3.8, 4) is 0 Å². The zero-order valence-electron chi connectivity index (χ0n) is 7.67. The van der Waals surface area contributed by atoms with E-state index in [9.17, 15) is 0 Å². The van der Waals surface area contributed by atoms with Gasteiger partial charge in [-0.1, -0.05) is 22.9 Å². The number of hydrogen-bond acceptors (Lipinski definition) is 2. The first-order chi connectivity index (χ1) is 5.79. The second kappa shape index (κ2) is 5.20. The SMILES string of the molecule is CC1CCN(CCCBr)C1CO. The number of halogens is 1. The highest BCUT2D eigenvalue weighted by molar-refractivity contribution is 9.09. The maximum Gasteiger partial charge on any atom is 0.0589 e. The standard InChI is InChI=1S/C9H18BrNO/c1-8-3-6-11(5-2-4-10)9(8)7-12/h8-9,12H,2-7H2,1H3. The van der Waals surface area contributed by atoms with E-state index in [0.717, 1.165) is 11.9 Å². The normalized spacial score (nSPS) is 31.2. The third-order valence-electron chi connectivity index (χ3n) is 2.76. The Morgan fingerprint density at radius 2 is 2.33 bits per heavy atom. The van der Waals surface area contributed by atoms with Crippen molar-refractivity contribution in [1.82, 2.24) is 4.90 Å². The minimum absolute atomic E-state index is 0.323. The molecule has 0 saturated carbocycles. The van der Waals surface area contributed by atoms with Crippen LogP contribution in [0.5, 0.6) is 0 Å². The Hall–Kier alpha value is 0.400. The molecule has 2 nitrogen and oxygen atoms in total. The van der Waals surface area contributed by atoms with E-state index in [1.807, 2.05) is 0 Å². The summed E-state index contributed by atoms with van der Waals surface area (Å²) in [6.45, 7) is 4.85. The average molecular weight is 236 g/mol. The van der Waals surface area contributed by atoms with E-state index in [2.05, 4.69) is 27.8 Å². The molecule has 1 N–H and O–H groups in total. The maximum absolute atomic E-state index is 9.15. The van der Waals surface area contributed by atoms with Crippen LogP contribution in [0.3, 0.4) is 0 Å². The minimum Gasteiger partial charge on any atom is -0.395 e. The van der Waals surface area contributed by atoms with Crippen molar-refractivity contribution in [3.05, 3.63) is 0 Å². The van der Waals surface area contributed by atoms with Crippen LogP contribution in [0.2, 0.25) is 0 Å². The number of aliphatic hydroxyl groups excluding tert-OH is 1. The van der Waals surface area contributed by atoms with E-state index in [1.165, 1.54) is 19.4 Å². The van der Waals surface area contributed by atoms with Crippen LogP contribution in [0.1, 0.15) is 19.8 Å². The number of hydrogen-bond donors (Lipinski definition) is 1. The van der Waals surface area contributed by atoms with Crippen LogP contribution >= 0.6 is 15.9 Å². The summed E-state index contributed by atoms with van der Waals surface area (Å²) in [5.41, 5.74) is 0. The summed E-state index contributed by atoms with van der Waals surface area (Å²) in [7, 11) is 0. The Morgan fingerprint density at radius 1 is 1.58 bits per heavy atom. The Kier molecular flexibility index (Phi) is 4.54. The van der Waals surface area contributed by atoms with E-state index in [-0.39, 0.29) is 0 Å². The molecule has 1 aliphatic heterocycles. The summed E-state index contributed by atoms with van der Waals surface area (Å²) in [4.78, 5) is 2.41. The summed E-state index contributed by atoms with van der Waals surface area (Å²) in [5.74, 6) is 0.672. The molecule has 1 aliphatic rings.